The van der Waals surface area contributed by atoms with Gasteiger partial charge in [0.25, 0.3) is 0 Å². The normalized spacial score (nSPS) is 13.2. The first-order valence-electron chi connectivity index (χ1n) is 8.12. The lowest BCUT2D eigenvalue weighted by Gasteiger charge is -2.17. The van der Waals surface area contributed by atoms with E-state index in [1.54, 1.807) is 0 Å². The van der Waals surface area contributed by atoms with Gasteiger partial charge in [0.2, 0.25) is 5.91 Å². The minimum atomic E-state index is 0.121. The summed E-state index contributed by atoms with van der Waals surface area (Å²) in [5.41, 5.74) is 5.44. The van der Waals surface area contributed by atoms with Crippen molar-refractivity contribution in [3.05, 3.63) is 0 Å². The molecular weight excluding hydrogens is 236 g/mol. The summed E-state index contributed by atoms with van der Waals surface area (Å²) in [6.45, 7) is 11.0. The zero-order valence-corrected chi connectivity index (χ0v) is 13.8. The number of unbranched alkanes of at least 4 members (excludes halogenated alkanes) is 3. The first-order chi connectivity index (χ1) is 9.11. The Kier molecular flexibility index (Phi) is 16.9. The molecule has 0 spiro atoms. The van der Waals surface area contributed by atoms with Crippen molar-refractivity contribution in [1.82, 2.24) is 5.32 Å². The number of carbonyl (C=O) groups is 1. The fourth-order valence-electron chi connectivity index (χ4n) is 1.88. The van der Waals surface area contributed by atoms with Gasteiger partial charge in [-0.05, 0) is 32.7 Å². The summed E-state index contributed by atoms with van der Waals surface area (Å²) in [5.74, 6) is 0.321. The van der Waals surface area contributed by atoms with Crippen molar-refractivity contribution in [2.45, 2.75) is 85.6 Å². The van der Waals surface area contributed by atoms with Crippen LogP contribution in [0, 0.1) is 5.92 Å². The minimum absolute atomic E-state index is 0.121. The van der Waals surface area contributed by atoms with E-state index in [-0.39, 0.29) is 11.8 Å². The van der Waals surface area contributed by atoms with Crippen LogP contribution in [0.15, 0.2) is 0 Å². The van der Waals surface area contributed by atoms with E-state index in [1.807, 2.05) is 20.8 Å². The topological polar surface area (TPSA) is 55.1 Å². The Labute approximate surface area is 120 Å². The molecule has 1 amide bonds. The monoisotopic (exact) mass is 272 g/mol. The van der Waals surface area contributed by atoms with Gasteiger partial charge in [0.05, 0.1) is 0 Å². The first-order valence-corrected chi connectivity index (χ1v) is 8.12. The van der Waals surface area contributed by atoms with Crippen LogP contribution < -0.4 is 11.1 Å². The summed E-state index contributed by atoms with van der Waals surface area (Å²) in [6, 6.07) is 0.311. The van der Waals surface area contributed by atoms with Gasteiger partial charge in [-0.25, -0.2) is 0 Å². The molecular formula is C16H36N2O. The zero-order chi connectivity index (χ0) is 15.1. The molecule has 0 saturated carbocycles. The molecule has 0 aromatic carbocycles. The number of hydrogen-bond donors (Lipinski definition) is 2. The fourth-order valence-corrected chi connectivity index (χ4v) is 1.88. The Morgan fingerprint density at radius 3 is 2.16 bits per heavy atom. The van der Waals surface area contributed by atoms with Crippen LogP contribution in [0.25, 0.3) is 0 Å². The van der Waals surface area contributed by atoms with E-state index in [0.29, 0.717) is 6.04 Å². The minimum Gasteiger partial charge on any atom is -0.353 e. The van der Waals surface area contributed by atoms with Gasteiger partial charge >= 0.3 is 0 Å². The second-order valence-corrected chi connectivity index (χ2v) is 5.09. The van der Waals surface area contributed by atoms with Gasteiger partial charge in [0, 0.05) is 12.0 Å². The van der Waals surface area contributed by atoms with Crippen molar-refractivity contribution >= 4 is 5.91 Å². The fraction of sp³-hybridized carbons (Fsp3) is 0.938. The third kappa shape index (κ3) is 13.7. The van der Waals surface area contributed by atoms with Crippen LogP contribution in [0.3, 0.4) is 0 Å². The quantitative estimate of drug-likeness (QED) is 0.593. The second kappa shape index (κ2) is 15.5. The summed E-state index contributed by atoms with van der Waals surface area (Å²) in [7, 11) is 0. The number of carbonyl (C=O) groups excluding carboxylic acids is 1. The number of hydrogen-bond acceptors (Lipinski definition) is 2. The number of amides is 1. The maximum absolute atomic E-state index is 11.8. The van der Waals surface area contributed by atoms with Crippen molar-refractivity contribution in [2.75, 3.05) is 6.54 Å². The van der Waals surface area contributed by atoms with Crippen LogP contribution in [0.4, 0.5) is 0 Å². The molecule has 0 heterocycles. The smallest absolute Gasteiger partial charge is 0.223 e. The van der Waals surface area contributed by atoms with Crippen LogP contribution in [-0.2, 0) is 4.79 Å². The van der Waals surface area contributed by atoms with Gasteiger partial charge in [-0.15, -0.1) is 0 Å². The molecule has 3 heteroatoms. The van der Waals surface area contributed by atoms with Crippen LogP contribution in [0.1, 0.15) is 79.6 Å². The Morgan fingerprint density at radius 2 is 1.63 bits per heavy atom. The van der Waals surface area contributed by atoms with Crippen molar-refractivity contribution in [2.24, 2.45) is 11.7 Å². The van der Waals surface area contributed by atoms with Crippen LogP contribution in [-0.4, -0.2) is 18.5 Å². The van der Waals surface area contributed by atoms with Gasteiger partial charge in [-0.3, -0.25) is 4.79 Å². The van der Waals surface area contributed by atoms with Crippen molar-refractivity contribution in [1.29, 1.82) is 0 Å². The van der Waals surface area contributed by atoms with E-state index in [1.165, 1.54) is 19.3 Å². The largest absolute Gasteiger partial charge is 0.353 e. The van der Waals surface area contributed by atoms with E-state index in [0.717, 1.165) is 32.2 Å². The van der Waals surface area contributed by atoms with Crippen LogP contribution in [0.2, 0.25) is 0 Å². The molecule has 0 aliphatic heterocycles. The Morgan fingerprint density at radius 1 is 1.05 bits per heavy atom. The standard InChI is InChI=1S/C14H30N2O.C2H6/c1-4-5-6-10-13(3)16-14(17)12(2)9-7-8-11-15;1-2/h12-13H,4-11,15H2,1-3H3,(H,16,17);1-2H3. The highest BCUT2D eigenvalue weighted by Gasteiger charge is 2.14. The lowest BCUT2D eigenvalue weighted by atomic mass is 10.0. The van der Waals surface area contributed by atoms with Gasteiger partial charge < -0.3 is 11.1 Å². The van der Waals surface area contributed by atoms with E-state index in [4.69, 9.17) is 5.73 Å². The molecule has 3 nitrogen and oxygen atoms in total. The lowest BCUT2D eigenvalue weighted by molar-refractivity contribution is -0.125. The molecule has 0 radical (unpaired) electrons. The summed E-state index contributed by atoms with van der Waals surface area (Å²) in [6.07, 6.45) is 7.81. The SMILES string of the molecule is CC.CCCCCC(C)NC(=O)C(C)CCCCN. The third-order valence-electron chi connectivity index (χ3n) is 3.17. The molecule has 2 unspecified atom stereocenters. The summed E-state index contributed by atoms with van der Waals surface area (Å²) in [4.78, 5) is 11.8. The maximum atomic E-state index is 11.8. The van der Waals surface area contributed by atoms with E-state index in [9.17, 15) is 4.79 Å². The molecule has 0 aromatic heterocycles. The average molecular weight is 272 g/mol. The van der Waals surface area contributed by atoms with Crippen molar-refractivity contribution in [3.63, 3.8) is 0 Å². The van der Waals surface area contributed by atoms with Crippen LogP contribution >= 0.6 is 0 Å². The highest BCUT2D eigenvalue weighted by Crippen LogP contribution is 2.09. The van der Waals surface area contributed by atoms with Crippen molar-refractivity contribution < 1.29 is 4.79 Å². The van der Waals surface area contributed by atoms with Crippen LogP contribution in [0.5, 0.6) is 0 Å². The average Bonchev–Trinajstić information content (AvgIpc) is 2.41. The van der Waals surface area contributed by atoms with Gasteiger partial charge in [0.15, 0.2) is 0 Å². The summed E-state index contributed by atoms with van der Waals surface area (Å²) in [5, 5.41) is 3.10. The highest BCUT2D eigenvalue weighted by molar-refractivity contribution is 5.78. The van der Waals surface area contributed by atoms with E-state index in [2.05, 4.69) is 19.2 Å². The van der Waals surface area contributed by atoms with E-state index >= 15 is 0 Å². The number of nitrogens with two attached hydrogens (primary N) is 1. The molecule has 0 fully saturated rings. The van der Waals surface area contributed by atoms with Gasteiger partial charge in [-0.2, -0.15) is 0 Å². The van der Waals surface area contributed by atoms with Crippen molar-refractivity contribution in [3.8, 4) is 0 Å². The molecule has 0 aromatic rings. The summed E-state index contributed by atoms with van der Waals surface area (Å²) >= 11 is 0. The molecule has 0 bridgehead atoms. The Balaban J connectivity index is 0. The number of rotatable bonds is 10. The first kappa shape index (κ1) is 20.7. The van der Waals surface area contributed by atoms with Gasteiger partial charge in [0.1, 0.15) is 0 Å². The van der Waals surface area contributed by atoms with E-state index < -0.39 is 0 Å². The molecule has 0 rings (SSSR count). The van der Waals surface area contributed by atoms with Gasteiger partial charge in [-0.1, -0.05) is 53.4 Å². The molecule has 116 valence electrons. The zero-order valence-electron chi connectivity index (χ0n) is 13.8. The molecule has 2 atom stereocenters. The maximum Gasteiger partial charge on any atom is 0.223 e. The molecule has 19 heavy (non-hydrogen) atoms. The third-order valence-corrected chi connectivity index (χ3v) is 3.17. The second-order valence-electron chi connectivity index (χ2n) is 5.09. The lowest BCUT2D eigenvalue weighted by Crippen LogP contribution is -2.36. The predicted octanol–water partition coefficient (Wildman–Crippen LogP) is 3.86. The number of nitrogens with one attached hydrogen (secondary N) is 1. The Bertz CT molecular complexity index is 195. The molecule has 0 saturated heterocycles. The summed E-state index contributed by atoms with van der Waals surface area (Å²) < 4.78 is 0. The Hall–Kier alpha value is -0.570. The molecule has 3 N–H and O–H groups in total. The molecule has 0 aliphatic carbocycles. The molecule has 0 aliphatic rings. The predicted molar refractivity (Wildman–Crippen MR) is 85.2 cm³/mol. The highest BCUT2D eigenvalue weighted by atomic mass is 16.1.